The fraction of sp³-hybridized carbons (Fsp3) is 0.619. The second-order valence-corrected chi connectivity index (χ2v) is 8.58. The van der Waals surface area contributed by atoms with Crippen LogP contribution in [0.2, 0.25) is 0 Å². The Bertz CT molecular complexity index is 616. The van der Waals surface area contributed by atoms with Crippen molar-refractivity contribution in [3.63, 3.8) is 0 Å². The van der Waals surface area contributed by atoms with E-state index in [-0.39, 0.29) is 5.92 Å². The molecule has 2 fully saturated rings. The van der Waals surface area contributed by atoms with Gasteiger partial charge in [-0.15, -0.1) is 11.8 Å². The van der Waals surface area contributed by atoms with Gasteiger partial charge in [0.2, 0.25) is 5.91 Å². The van der Waals surface area contributed by atoms with Gasteiger partial charge in [0.05, 0.1) is 0 Å². The lowest BCUT2D eigenvalue weighted by atomic mass is 10.1. The van der Waals surface area contributed by atoms with E-state index >= 15 is 0 Å². The number of rotatable bonds is 7. The molecule has 1 unspecified atom stereocenters. The molecule has 0 spiro atoms. The Morgan fingerprint density at radius 1 is 1.22 bits per heavy atom. The van der Waals surface area contributed by atoms with Crippen molar-refractivity contribution in [3.8, 4) is 0 Å². The predicted octanol–water partition coefficient (Wildman–Crippen LogP) is 3.12. The first-order valence-electron chi connectivity index (χ1n) is 10.2. The minimum atomic E-state index is 0.281. The molecule has 2 N–H and O–H groups in total. The number of likely N-dealkylation sites (tertiary alicyclic amines) is 1. The first-order chi connectivity index (χ1) is 13.3. The van der Waals surface area contributed by atoms with Crippen LogP contribution in [0.25, 0.3) is 0 Å². The quantitative estimate of drug-likeness (QED) is 0.326. The van der Waals surface area contributed by atoms with Gasteiger partial charge in [0.1, 0.15) is 0 Å². The second-order valence-electron chi connectivity index (χ2n) is 7.41. The number of carbonyl (C=O) groups excluding carboxylic acids is 1. The van der Waals surface area contributed by atoms with Crippen LogP contribution in [0.5, 0.6) is 0 Å². The second kappa shape index (κ2) is 10.6. The molecule has 1 saturated heterocycles. The molecule has 1 aliphatic carbocycles. The summed E-state index contributed by atoms with van der Waals surface area (Å²) in [5, 5.41) is 6.89. The molecule has 1 atom stereocenters. The zero-order valence-corrected chi connectivity index (χ0v) is 17.1. The Morgan fingerprint density at radius 3 is 2.74 bits per heavy atom. The van der Waals surface area contributed by atoms with E-state index in [1.165, 1.54) is 17.7 Å². The minimum Gasteiger partial charge on any atom is -0.356 e. The van der Waals surface area contributed by atoms with E-state index in [0.29, 0.717) is 11.9 Å². The standard InChI is InChI=1S/C21H32N4OS/c1-22-21(23-13-7-15-27-19-10-3-2-4-11-19)24-18-12-14-25(16-18)20(26)17-8-5-6-9-17/h2-4,10-11,17-18H,5-9,12-16H2,1H3,(H2,22,23,24). The lowest BCUT2D eigenvalue weighted by Gasteiger charge is -2.21. The normalized spacial score (nSPS) is 20.9. The van der Waals surface area contributed by atoms with E-state index in [4.69, 9.17) is 0 Å². The molecular weight excluding hydrogens is 356 g/mol. The average molecular weight is 389 g/mol. The molecule has 0 aromatic heterocycles. The first-order valence-corrected chi connectivity index (χ1v) is 11.2. The summed E-state index contributed by atoms with van der Waals surface area (Å²) >= 11 is 1.88. The smallest absolute Gasteiger partial charge is 0.225 e. The molecule has 1 aromatic carbocycles. The molecule has 1 aromatic rings. The Morgan fingerprint density at radius 2 is 2.00 bits per heavy atom. The highest BCUT2D eigenvalue weighted by atomic mass is 32.2. The summed E-state index contributed by atoms with van der Waals surface area (Å²) in [6.07, 6.45) is 6.67. The number of nitrogens with one attached hydrogen (secondary N) is 2. The number of carbonyl (C=O) groups is 1. The number of hydrogen-bond acceptors (Lipinski definition) is 3. The summed E-state index contributed by atoms with van der Waals surface area (Å²) in [5.74, 6) is 2.59. The van der Waals surface area contributed by atoms with E-state index in [1.54, 1.807) is 0 Å². The van der Waals surface area contributed by atoms with E-state index in [0.717, 1.165) is 57.0 Å². The molecule has 27 heavy (non-hydrogen) atoms. The van der Waals surface area contributed by atoms with Crippen molar-refractivity contribution in [3.05, 3.63) is 30.3 Å². The molecule has 0 radical (unpaired) electrons. The summed E-state index contributed by atoms with van der Waals surface area (Å²) in [7, 11) is 1.81. The summed E-state index contributed by atoms with van der Waals surface area (Å²) in [4.78, 5) is 20.3. The van der Waals surface area contributed by atoms with Crippen LogP contribution in [0.4, 0.5) is 0 Å². The van der Waals surface area contributed by atoms with Crippen LogP contribution in [-0.4, -0.2) is 55.2 Å². The fourth-order valence-electron chi connectivity index (χ4n) is 3.88. The Balaban J connectivity index is 1.32. The monoisotopic (exact) mass is 388 g/mol. The third-order valence-electron chi connectivity index (χ3n) is 5.39. The van der Waals surface area contributed by atoms with Crippen LogP contribution in [0, 0.1) is 5.92 Å². The summed E-state index contributed by atoms with van der Waals surface area (Å²) < 4.78 is 0. The van der Waals surface area contributed by atoms with Crippen molar-refractivity contribution in [2.45, 2.75) is 49.5 Å². The zero-order valence-electron chi connectivity index (χ0n) is 16.3. The van der Waals surface area contributed by atoms with Crippen molar-refractivity contribution < 1.29 is 4.79 Å². The first kappa shape index (κ1) is 20.1. The number of guanidine groups is 1. The maximum absolute atomic E-state index is 12.6. The molecule has 2 aliphatic rings. The molecule has 1 amide bonds. The van der Waals surface area contributed by atoms with Crippen LogP contribution >= 0.6 is 11.8 Å². The third-order valence-corrected chi connectivity index (χ3v) is 6.49. The molecule has 148 valence electrons. The molecule has 6 heteroatoms. The highest BCUT2D eigenvalue weighted by molar-refractivity contribution is 7.99. The Kier molecular flexibility index (Phi) is 7.87. The van der Waals surface area contributed by atoms with Gasteiger partial charge >= 0.3 is 0 Å². The van der Waals surface area contributed by atoms with Crippen LogP contribution in [0.15, 0.2) is 40.2 Å². The SMILES string of the molecule is CN=C(NCCCSc1ccccc1)NC1CCN(C(=O)C2CCCC2)C1. The van der Waals surface area contributed by atoms with Crippen LogP contribution < -0.4 is 10.6 Å². The van der Waals surface area contributed by atoms with Gasteiger partial charge in [-0.3, -0.25) is 9.79 Å². The molecule has 1 heterocycles. The third kappa shape index (κ3) is 6.16. The number of amides is 1. The molecule has 5 nitrogen and oxygen atoms in total. The lowest BCUT2D eigenvalue weighted by Crippen LogP contribution is -2.45. The maximum atomic E-state index is 12.6. The van der Waals surface area contributed by atoms with Crippen molar-refractivity contribution >= 4 is 23.6 Å². The summed E-state index contributed by atoms with van der Waals surface area (Å²) in [5.41, 5.74) is 0. The molecular formula is C21H32N4OS. The van der Waals surface area contributed by atoms with Gasteiger partial charge in [-0.05, 0) is 43.6 Å². The lowest BCUT2D eigenvalue weighted by molar-refractivity contribution is -0.134. The van der Waals surface area contributed by atoms with E-state index in [9.17, 15) is 4.79 Å². The van der Waals surface area contributed by atoms with Crippen molar-refractivity contribution in [2.75, 3.05) is 32.4 Å². The van der Waals surface area contributed by atoms with E-state index in [2.05, 4.69) is 44.8 Å². The van der Waals surface area contributed by atoms with Crippen LogP contribution in [0.1, 0.15) is 38.5 Å². The van der Waals surface area contributed by atoms with Gasteiger partial charge in [-0.1, -0.05) is 31.0 Å². The van der Waals surface area contributed by atoms with E-state index < -0.39 is 0 Å². The number of thioether (sulfide) groups is 1. The highest BCUT2D eigenvalue weighted by Crippen LogP contribution is 2.27. The highest BCUT2D eigenvalue weighted by Gasteiger charge is 2.32. The Hall–Kier alpha value is -1.69. The molecule has 1 aliphatic heterocycles. The average Bonchev–Trinajstić information content (AvgIpc) is 3.39. The Labute approximate surface area is 167 Å². The van der Waals surface area contributed by atoms with Crippen molar-refractivity contribution in [1.82, 2.24) is 15.5 Å². The largest absolute Gasteiger partial charge is 0.356 e. The summed E-state index contributed by atoms with van der Waals surface area (Å²) in [6, 6.07) is 10.8. The fourth-order valence-corrected chi connectivity index (χ4v) is 4.76. The van der Waals surface area contributed by atoms with Gasteiger partial charge < -0.3 is 15.5 Å². The van der Waals surface area contributed by atoms with E-state index in [1.807, 2.05) is 24.9 Å². The van der Waals surface area contributed by atoms with Gasteiger partial charge in [0.15, 0.2) is 5.96 Å². The van der Waals surface area contributed by atoms with Gasteiger partial charge in [-0.25, -0.2) is 0 Å². The number of hydrogen-bond donors (Lipinski definition) is 2. The number of nitrogens with zero attached hydrogens (tertiary/aromatic N) is 2. The van der Waals surface area contributed by atoms with Crippen molar-refractivity contribution in [1.29, 1.82) is 0 Å². The minimum absolute atomic E-state index is 0.281. The van der Waals surface area contributed by atoms with Crippen LogP contribution in [0.3, 0.4) is 0 Å². The van der Waals surface area contributed by atoms with Crippen LogP contribution in [-0.2, 0) is 4.79 Å². The van der Waals surface area contributed by atoms with Crippen molar-refractivity contribution in [2.24, 2.45) is 10.9 Å². The van der Waals surface area contributed by atoms with Gasteiger partial charge in [0, 0.05) is 43.5 Å². The predicted molar refractivity (Wildman–Crippen MR) is 113 cm³/mol. The topological polar surface area (TPSA) is 56.7 Å². The molecule has 0 bridgehead atoms. The molecule has 1 saturated carbocycles. The maximum Gasteiger partial charge on any atom is 0.225 e. The summed E-state index contributed by atoms with van der Waals surface area (Å²) in [6.45, 7) is 2.58. The van der Waals surface area contributed by atoms with Gasteiger partial charge in [0.25, 0.3) is 0 Å². The number of aliphatic imine (C=N–C) groups is 1. The number of benzene rings is 1. The van der Waals surface area contributed by atoms with Gasteiger partial charge in [-0.2, -0.15) is 0 Å². The molecule has 3 rings (SSSR count). The zero-order chi connectivity index (χ0) is 18.9.